The number of fused-ring (bicyclic) bond motifs is 1. The third-order valence-electron chi connectivity index (χ3n) is 5.38. The number of aromatic amines is 1. The molecule has 0 saturated carbocycles. The molecule has 1 heterocycles. The van der Waals surface area contributed by atoms with Crippen molar-refractivity contribution < 1.29 is 23.4 Å². The third-order valence-corrected chi connectivity index (χ3v) is 8.82. The van der Waals surface area contributed by atoms with E-state index in [1.807, 2.05) is 0 Å². The van der Waals surface area contributed by atoms with Gasteiger partial charge in [0.15, 0.2) is 0 Å². The smallest absolute Gasteiger partial charge is 0.320 e. The van der Waals surface area contributed by atoms with Crippen molar-refractivity contribution in [2.75, 3.05) is 0 Å². The number of benzene rings is 3. The highest BCUT2D eigenvalue weighted by Crippen LogP contribution is 2.44. The summed E-state index contributed by atoms with van der Waals surface area (Å²) in [4.78, 5) is 14.5. The lowest BCUT2D eigenvalue weighted by Gasteiger charge is -2.17. The number of carboxylic acid groups (broad SMARTS) is 1. The van der Waals surface area contributed by atoms with Gasteiger partial charge in [-0.15, -0.1) is 0 Å². The molecule has 0 amide bonds. The zero-order chi connectivity index (χ0) is 24.8. The van der Waals surface area contributed by atoms with Crippen LogP contribution in [0.1, 0.15) is 5.56 Å². The van der Waals surface area contributed by atoms with E-state index in [-0.39, 0.29) is 22.0 Å². The lowest BCUT2D eigenvalue weighted by molar-refractivity contribution is -0.138. The van der Waals surface area contributed by atoms with Gasteiger partial charge in [0.05, 0.1) is 18.7 Å². The van der Waals surface area contributed by atoms with Gasteiger partial charge in [-0.3, -0.25) is 4.79 Å². The Hall–Kier alpha value is -2.37. The molecule has 1 atom stereocenters. The van der Waals surface area contributed by atoms with Crippen molar-refractivity contribution in [1.29, 1.82) is 0 Å². The fraction of sp³-hybridized carbons (Fsp3) is 0.0870. The van der Waals surface area contributed by atoms with Gasteiger partial charge in [-0.2, -0.15) is 0 Å². The highest BCUT2D eigenvalue weighted by Gasteiger charge is 2.24. The first-order valence-corrected chi connectivity index (χ1v) is 13.3. The van der Waals surface area contributed by atoms with Gasteiger partial charge in [0, 0.05) is 27.7 Å². The molecule has 11 heteroatoms. The minimum atomic E-state index is -3.86. The summed E-state index contributed by atoms with van der Waals surface area (Å²) in [6, 6.07) is 11.5. The number of rotatable bonds is 6. The molecule has 0 radical (unpaired) electrons. The molecule has 4 aromatic rings. The van der Waals surface area contributed by atoms with E-state index >= 15 is 0 Å². The average Bonchev–Trinajstić information content (AvgIpc) is 3.22. The van der Waals surface area contributed by atoms with Crippen molar-refractivity contribution in [2.45, 2.75) is 22.3 Å². The summed E-state index contributed by atoms with van der Waals surface area (Å²) in [6.07, 6.45) is 1.41. The zero-order valence-corrected chi connectivity index (χ0v) is 22.0. The number of carboxylic acids is 1. The van der Waals surface area contributed by atoms with E-state index in [9.17, 15) is 23.4 Å². The molecule has 0 aliphatic heterocycles. The summed E-state index contributed by atoms with van der Waals surface area (Å²) in [7, 11) is -3.86. The number of nitrogens with one attached hydrogen (secondary N) is 1. The molecule has 7 nitrogen and oxygen atoms in total. The number of carbonyl (C=O) groups is 1. The van der Waals surface area contributed by atoms with Gasteiger partial charge in [-0.1, -0.05) is 17.7 Å². The molecule has 0 unspecified atom stereocenters. The zero-order valence-electron chi connectivity index (χ0n) is 17.2. The van der Waals surface area contributed by atoms with Gasteiger partial charge in [0.2, 0.25) is 9.84 Å². The maximum absolute atomic E-state index is 13.3. The topological polar surface area (TPSA) is 133 Å². The average molecular weight is 629 g/mol. The molecule has 0 bridgehead atoms. The monoisotopic (exact) mass is 626 g/mol. The van der Waals surface area contributed by atoms with Crippen molar-refractivity contribution in [3.63, 3.8) is 0 Å². The van der Waals surface area contributed by atoms with Crippen LogP contribution in [0, 0.1) is 0 Å². The van der Waals surface area contributed by atoms with E-state index in [4.69, 9.17) is 17.3 Å². The summed E-state index contributed by atoms with van der Waals surface area (Å²) in [5.41, 5.74) is 8.01. The van der Waals surface area contributed by atoms with Crippen LogP contribution in [-0.4, -0.2) is 35.6 Å². The number of sulfone groups is 1. The fourth-order valence-electron chi connectivity index (χ4n) is 3.67. The summed E-state index contributed by atoms with van der Waals surface area (Å²) in [6.45, 7) is 0. The number of aliphatic carboxylic acids is 1. The van der Waals surface area contributed by atoms with Crippen molar-refractivity contribution >= 4 is 70.2 Å². The Morgan fingerprint density at radius 1 is 1.12 bits per heavy atom. The molecule has 0 aliphatic rings. The number of hydrogen-bond acceptors (Lipinski definition) is 5. The quantitative estimate of drug-likeness (QED) is 0.223. The minimum Gasteiger partial charge on any atom is -0.506 e. The van der Waals surface area contributed by atoms with Gasteiger partial charge in [-0.05, 0) is 91.9 Å². The molecule has 34 heavy (non-hydrogen) atoms. The molecule has 5 N–H and O–H groups in total. The molecule has 0 spiro atoms. The lowest BCUT2D eigenvalue weighted by Crippen LogP contribution is -2.32. The number of phenols is 1. The van der Waals surface area contributed by atoms with Crippen molar-refractivity contribution in [3.8, 4) is 16.9 Å². The normalized spacial score (nSPS) is 12.7. The van der Waals surface area contributed by atoms with Gasteiger partial charge >= 0.3 is 5.97 Å². The molecule has 1 aromatic heterocycles. The molecule has 0 aliphatic carbocycles. The van der Waals surface area contributed by atoms with E-state index in [0.29, 0.717) is 41.6 Å². The van der Waals surface area contributed by atoms with Crippen LogP contribution in [0.5, 0.6) is 5.75 Å². The number of aromatic hydroxyl groups is 1. The Bertz CT molecular complexity index is 1540. The number of phenolic OH excluding ortho intramolecular Hbond substituents is 1. The summed E-state index contributed by atoms with van der Waals surface area (Å²) < 4.78 is 27.3. The first kappa shape index (κ1) is 24.7. The van der Waals surface area contributed by atoms with Gasteiger partial charge in [0.1, 0.15) is 11.8 Å². The van der Waals surface area contributed by atoms with Crippen molar-refractivity contribution in [3.05, 3.63) is 74.3 Å². The molecular formula is C23H17Br2ClN2O5S. The van der Waals surface area contributed by atoms with Crippen molar-refractivity contribution in [1.82, 2.24) is 4.98 Å². The number of halogens is 3. The first-order valence-electron chi connectivity index (χ1n) is 9.81. The number of H-pyrrole nitrogens is 1. The molecular weight excluding hydrogens is 612 g/mol. The van der Waals surface area contributed by atoms with Crippen LogP contribution in [0.2, 0.25) is 5.02 Å². The Labute approximate surface area is 216 Å². The van der Waals surface area contributed by atoms with Gasteiger partial charge in [-0.25, -0.2) is 8.42 Å². The lowest BCUT2D eigenvalue weighted by atomic mass is 9.94. The standard InChI is InChI=1S/C23H17Br2ClN2O5S/c24-16-8-12(9-17(27)23(30)31)20(21(25)22(16)29)11-1-6-18-15(7-11)19(10-28-18)34(32,33)14-4-2-13(26)3-5-14/h1-8,10,17,28-29H,9,27H2,(H,30,31)/t17-/m0/s1. The third kappa shape index (κ3) is 4.48. The highest BCUT2D eigenvalue weighted by atomic mass is 79.9. The number of aromatic nitrogens is 1. The fourth-order valence-corrected chi connectivity index (χ4v) is 6.65. The predicted octanol–water partition coefficient (Wildman–Crippen LogP) is 5.51. The molecule has 3 aromatic carbocycles. The van der Waals surface area contributed by atoms with Crippen LogP contribution < -0.4 is 5.73 Å². The Kier molecular flexibility index (Phi) is 6.80. The molecule has 0 fully saturated rings. The molecule has 4 rings (SSSR count). The van der Waals surface area contributed by atoms with Crippen LogP contribution in [-0.2, 0) is 21.1 Å². The second-order valence-electron chi connectivity index (χ2n) is 7.57. The van der Waals surface area contributed by atoms with Gasteiger partial charge in [0.25, 0.3) is 0 Å². The number of hydrogen-bond donors (Lipinski definition) is 4. The Morgan fingerprint density at radius 2 is 1.79 bits per heavy atom. The Balaban J connectivity index is 1.91. The van der Waals surface area contributed by atoms with Crippen LogP contribution in [0.4, 0.5) is 0 Å². The molecule has 176 valence electrons. The summed E-state index contributed by atoms with van der Waals surface area (Å²) in [5.74, 6) is -1.24. The molecule has 0 saturated heterocycles. The minimum absolute atomic E-state index is 0.0107. The summed E-state index contributed by atoms with van der Waals surface area (Å²) >= 11 is 12.6. The van der Waals surface area contributed by atoms with Crippen LogP contribution in [0.3, 0.4) is 0 Å². The van der Waals surface area contributed by atoms with E-state index in [1.54, 1.807) is 24.3 Å². The SMILES string of the molecule is N[C@@H](Cc1cc(Br)c(O)c(Br)c1-c1ccc2[nH]cc(S(=O)(=O)c3ccc(Cl)cc3)c2c1)C(=O)O. The van der Waals surface area contributed by atoms with Crippen molar-refractivity contribution in [2.24, 2.45) is 5.73 Å². The highest BCUT2D eigenvalue weighted by molar-refractivity contribution is 9.11. The first-order chi connectivity index (χ1) is 16.0. The predicted molar refractivity (Wildman–Crippen MR) is 137 cm³/mol. The van der Waals surface area contributed by atoms with Gasteiger partial charge < -0.3 is 20.9 Å². The Morgan fingerprint density at radius 3 is 2.44 bits per heavy atom. The van der Waals surface area contributed by atoms with E-state index in [1.165, 1.54) is 30.5 Å². The van der Waals surface area contributed by atoms with E-state index in [0.717, 1.165) is 0 Å². The van der Waals surface area contributed by atoms with E-state index in [2.05, 4.69) is 36.8 Å². The second-order valence-corrected chi connectivity index (χ2v) is 11.6. The summed E-state index contributed by atoms with van der Waals surface area (Å²) in [5, 5.41) is 20.6. The van der Waals surface area contributed by atoms with E-state index < -0.39 is 21.8 Å². The van der Waals surface area contributed by atoms with Crippen LogP contribution >= 0.6 is 43.5 Å². The number of nitrogens with two attached hydrogens (primary N) is 1. The second kappa shape index (κ2) is 9.35. The van der Waals surface area contributed by atoms with Crippen LogP contribution in [0.25, 0.3) is 22.0 Å². The maximum Gasteiger partial charge on any atom is 0.320 e. The largest absolute Gasteiger partial charge is 0.506 e. The van der Waals surface area contributed by atoms with Crippen LogP contribution in [0.15, 0.2) is 73.5 Å². The maximum atomic E-state index is 13.3.